The van der Waals surface area contributed by atoms with Crippen LogP contribution in [0.25, 0.3) is 33.1 Å². The predicted octanol–water partition coefficient (Wildman–Crippen LogP) is 5.52. The fraction of sp³-hybridized carbons (Fsp3) is 0.0435. The van der Waals surface area contributed by atoms with Gasteiger partial charge in [0.05, 0.1) is 22.7 Å². The summed E-state index contributed by atoms with van der Waals surface area (Å²) >= 11 is 0. The van der Waals surface area contributed by atoms with Gasteiger partial charge >= 0.3 is 0 Å². The van der Waals surface area contributed by atoms with Crippen molar-refractivity contribution in [1.82, 2.24) is 4.57 Å². The molecule has 0 bridgehead atoms. The minimum atomic E-state index is 0.376. The third kappa shape index (κ3) is 2.44. The third-order valence-electron chi connectivity index (χ3n) is 4.61. The quantitative estimate of drug-likeness (QED) is 0.453. The van der Waals surface area contributed by atoms with E-state index in [1.165, 1.54) is 11.6 Å². The number of rotatable bonds is 2. The molecule has 26 heavy (non-hydrogen) atoms. The van der Waals surface area contributed by atoms with Crippen LogP contribution in [-0.2, 0) is 0 Å². The van der Waals surface area contributed by atoms with Crippen molar-refractivity contribution >= 4 is 27.4 Å². The van der Waals surface area contributed by atoms with Crippen molar-refractivity contribution in [2.24, 2.45) is 0 Å². The first-order chi connectivity index (χ1) is 12.7. The molecule has 0 saturated heterocycles. The Labute approximate surface area is 151 Å². The predicted molar refractivity (Wildman–Crippen MR) is 105 cm³/mol. The summed E-state index contributed by atoms with van der Waals surface area (Å²) in [7, 11) is 0. The van der Waals surface area contributed by atoms with E-state index in [-0.39, 0.29) is 0 Å². The van der Waals surface area contributed by atoms with Gasteiger partial charge in [0.15, 0.2) is 0 Å². The van der Waals surface area contributed by atoms with Gasteiger partial charge in [-0.1, -0.05) is 42.0 Å². The van der Waals surface area contributed by atoms with Crippen LogP contribution in [0.1, 0.15) is 11.1 Å². The molecular weight excluding hydrogens is 318 g/mol. The molecule has 0 aliphatic heterocycles. The van der Waals surface area contributed by atoms with E-state index >= 15 is 0 Å². The molecule has 3 heteroatoms. The molecule has 0 aliphatic carbocycles. The van der Waals surface area contributed by atoms with Crippen LogP contribution in [0.2, 0.25) is 0 Å². The fourth-order valence-electron chi connectivity index (χ4n) is 3.36. The maximum absolute atomic E-state index is 9.33. The van der Waals surface area contributed by atoms with Gasteiger partial charge in [-0.25, -0.2) is 0 Å². The Morgan fingerprint density at radius 3 is 2.35 bits per heavy atom. The molecule has 1 aromatic heterocycles. The molecule has 0 spiro atoms. The van der Waals surface area contributed by atoms with Crippen molar-refractivity contribution in [3.05, 3.63) is 83.9 Å². The minimum Gasteiger partial charge on any atom is -0.309 e. The summed E-state index contributed by atoms with van der Waals surface area (Å²) in [5, 5.41) is 20.4. The standard InChI is InChI=1S/C23H15N3/c1-16-6-9-19(10-7-16)26-22-5-3-2-4-20(22)21-14-17(8-11-23(21)26)18(15-25)12-13-24/h2-12,14H,1H3/b18-12+. The molecule has 0 saturated carbocycles. The molecule has 0 fully saturated rings. The number of nitriles is 2. The van der Waals surface area contributed by atoms with Crippen molar-refractivity contribution in [3.63, 3.8) is 0 Å². The number of aromatic nitrogens is 1. The number of hydrogen-bond donors (Lipinski definition) is 0. The molecule has 3 nitrogen and oxygen atoms in total. The smallest absolute Gasteiger partial charge is 0.101 e. The van der Waals surface area contributed by atoms with Crippen molar-refractivity contribution in [2.45, 2.75) is 6.92 Å². The molecule has 1 heterocycles. The summed E-state index contributed by atoms with van der Waals surface area (Å²) in [4.78, 5) is 0. The van der Waals surface area contributed by atoms with E-state index < -0.39 is 0 Å². The van der Waals surface area contributed by atoms with Gasteiger partial charge in [-0.05, 0) is 42.8 Å². The topological polar surface area (TPSA) is 52.5 Å². The molecule has 3 aromatic carbocycles. The molecule has 4 aromatic rings. The lowest BCUT2D eigenvalue weighted by molar-refractivity contribution is 1.17. The normalized spacial score (nSPS) is 11.4. The molecule has 0 aliphatic rings. The van der Waals surface area contributed by atoms with Crippen LogP contribution < -0.4 is 0 Å². The van der Waals surface area contributed by atoms with Crippen LogP contribution >= 0.6 is 0 Å². The maximum Gasteiger partial charge on any atom is 0.101 e. The highest BCUT2D eigenvalue weighted by atomic mass is 15.0. The summed E-state index contributed by atoms with van der Waals surface area (Å²) in [5.74, 6) is 0. The summed E-state index contributed by atoms with van der Waals surface area (Å²) in [6.45, 7) is 2.08. The van der Waals surface area contributed by atoms with E-state index in [2.05, 4.69) is 54.0 Å². The first-order valence-electron chi connectivity index (χ1n) is 8.33. The first-order valence-corrected chi connectivity index (χ1v) is 8.33. The average molecular weight is 333 g/mol. The second-order valence-electron chi connectivity index (χ2n) is 6.22. The monoisotopic (exact) mass is 333 g/mol. The van der Waals surface area contributed by atoms with E-state index in [1.807, 2.05) is 36.4 Å². The number of benzene rings is 3. The number of hydrogen-bond acceptors (Lipinski definition) is 2. The average Bonchev–Trinajstić information content (AvgIpc) is 3.00. The molecule has 0 atom stereocenters. The molecule has 0 amide bonds. The highest BCUT2D eigenvalue weighted by molar-refractivity contribution is 6.10. The van der Waals surface area contributed by atoms with Crippen molar-refractivity contribution in [1.29, 1.82) is 10.5 Å². The van der Waals surface area contributed by atoms with Gasteiger partial charge in [-0.15, -0.1) is 0 Å². The Bertz CT molecular complexity index is 1240. The summed E-state index contributed by atoms with van der Waals surface area (Å²) in [5.41, 5.74) is 5.65. The lowest BCUT2D eigenvalue weighted by atomic mass is 10.0. The Balaban J connectivity index is 2.07. The van der Waals surface area contributed by atoms with E-state index in [1.54, 1.807) is 0 Å². The maximum atomic E-state index is 9.33. The van der Waals surface area contributed by atoms with Crippen LogP contribution in [-0.4, -0.2) is 4.57 Å². The van der Waals surface area contributed by atoms with Gasteiger partial charge < -0.3 is 4.57 Å². The van der Waals surface area contributed by atoms with Gasteiger partial charge in [-0.3, -0.25) is 0 Å². The van der Waals surface area contributed by atoms with Crippen LogP contribution in [0.5, 0.6) is 0 Å². The molecule has 0 unspecified atom stereocenters. The second kappa shape index (κ2) is 6.24. The van der Waals surface area contributed by atoms with Crippen LogP contribution in [0.3, 0.4) is 0 Å². The highest BCUT2D eigenvalue weighted by Crippen LogP contribution is 2.33. The zero-order chi connectivity index (χ0) is 18.1. The number of para-hydroxylation sites is 1. The van der Waals surface area contributed by atoms with Gasteiger partial charge in [0.1, 0.15) is 6.07 Å². The van der Waals surface area contributed by atoms with Gasteiger partial charge in [-0.2, -0.15) is 10.5 Å². The minimum absolute atomic E-state index is 0.376. The second-order valence-corrected chi connectivity index (χ2v) is 6.22. The SMILES string of the molecule is Cc1ccc(-n2c3ccccc3c3cc(/C(C#N)=C/C#N)ccc32)cc1. The van der Waals surface area contributed by atoms with Gasteiger partial charge in [0.25, 0.3) is 0 Å². The Morgan fingerprint density at radius 1 is 0.885 bits per heavy atom. The highest BCUT2D eigenvalue weighted by Gasteiger charge is 2.13. The number of aryl methyl sites for hydroxylation is 1. The van der Waals surface area contributed by atoms with Gasteiger partial charge in [0, 0.05) is 22.5 Å². The van der Waals surface area contributed by atoms with Crippen molar-refractivity contribution < 1.29 is 0 Å². The number of nitrogens with zero attached hydrogens (tertiary/aromatic N) is 3. The summed E-state index contributed by atoms with van der Waals surface area (Å²) < 4.78 is 2.23. The number of allylic oxidation sites excluding steroid dienone is 2. The van der Waals surface area contributed by atoms with Crippen molar-refractivity contribution in [2.75, 3.05) is 0 Å². The Morgan fingerprint density at radius 2 is 1.62 bits per heavy atom. The Hall–Kier alpha value is -3.82. The fourth-order valence-corrected chi connectivity index (χ4v) is 3.36. The zero-order valence-corrected chi connectivity index (χ0v) is 14.3. The Kier molecular flexibility index (Phi) is 3.77. The van der Waals surface area contributed by atoms with Gasteiger partial charge in [0.2, 0.25) is 0 Å². The number of fused-ring (bicyclic) bond motifs is 3. The molecule has 0 radical (unpaired) electrons. The molecule has 0 N–H and O–H groups in total. The van der Waals surface area contributed by atoms with Crippen LogP contribution in [0, 0.1) is 29.6 Å². The van der Waals surface area contributed by atoms with Crippen LogP contribution in [0.4, 0.5) is 0 Å². The largest absolute Gasteiger partial charge is 0.309 e. The van der Waals surface area contributed by atoms with E-state index in [0.717, 1.165) is 33.1 Å². The molecule has 122 valence electrons. The zero-order valence-electron chi connectivity index (χ0n) is 14.3. The van der Waals surface area contributed by atoms with E-state index in [9.17, 15) is 5.26 Å². The summed E-state index contributed by atoms with van der Waals surface area (Å²) in [6, 6.07) is 26.7. The van der Waals surface area contributed by atoms with E-state index in [0.29, 0.717) is 5.57 Å². The lowest BCUT2D eigenvalue weighted by Crippen LogP contribution is -1.93. The van der Waals surface area contributed by atoms with Crippen molar-refractivity contribution in [3.8, 4) is 17.8 Å². The molecular formula is C23H15N3. The molecule has 4 rings (SSSR count). The van der Waals surface area contributed by atoms with Crippen LogP contribution in [0.15, 0.2) is 72.8 Å². The third-order valence-corrected chi connectivity index (χ3v) is 4.61. The lowest BCUT2D eigenvalue weighted by Gasteiger charge is -2.08. The first kappa shape index (κ1) is 15.7. The summed E-state index contributed by atoms with van der Waals surface area (Å²) in [6.07, 6.45) is 1.29. The van der Waals surface area contributed by atoms with E-state index in [4.69, 9.17) is 5.26 Å².